The van der Waals surface area contributed by atoms with Crippen LogP contribution in [0.5, 0.6) is 11.5 Å². The number of hydrogen-bond acceptors (Lipinski definition) is 4. The minimum atomic E-state index is -0.633. The van der Waals surface area contributed by atoms with Crippen molar-refractivity contribution in [3.63, 3.8) is 0 Å². The molecule has 29 heavy (non-hydrogen) atoms. The maximum Gasteiger partial charge on any atom is 0.242 e. The van der Waals surface area contributed by atoms with Crippen molar-refractivity contribution >= 4 is 22.6 Å². The normalized spacial score (nSPS) is 13.1. The second kappa shape index (κ2) is 8.22. The second-order valence-electron chi connectivity index (χ2n) is 7.01. The van der Waals surface area contributed by atoms with Crippen molar-refractivity contribution in [2.24, 2.45) is 0 Å². The van der Waals surface area contributed by atoms with E-state index in [0.29, 0.717) is 18.0 Å². The lowest BCUT2D eigenvalue weighted by atomic mass is 10.0. The molecule has 0 saturated heterocycles. The van der Waals surface area contributed by atoms with Crippen LogP contribution < -0.4 is 20.1 Å². The fourth-order valence-corrected chi connectivity index (χ4v) is 3.37. The second-order valence-corrected chi connectivity index (χ2v) is 7.01. The molecule has 4 rings (SSSR count). The number of benzene rings is 3. The molecule has 0 spiro atoms. The Kier molecular flexibility index (Phi) is 5.33. The van der Waals surface area contributed by atoms with Gasteiger partial charge in [-0.05, 0) is 41.0 Å². The Hall–Kier alpha value is -3.54. The molecule has 1 heterocycles. The third-order valence-electron chi connectivity index (χ3n) is 4.91. The fourth-order valence-electron chi connectivity index (χ4n) is 3.37. The van der Waals surface area contributed by atoms with E-state index in [1.807, 2.05) is 60.7 Å². The van der Waals surface area contributed by atoms with Crippen LogP contribution in [0.3, 0.4) is 0 Å². The molecule has 3 aromatic rings. The van der Waals surface area contributed by atoms with Crippen LogP contribution in [0.1, 0.15) is 18.1 Å². The van der Waals surface area contributed by atoms with Crippen molar-refractivity contribution in [1.29, 1.82) is 0 Å². The zero-order valence-electron chi connectivity index (χ0n) is 16.1. The molecule has 6 heteroatoms. The van der Waals surface area contributed by atoms with Gasteiger partial charge in [-0.1, -0.05) is 48.5 Å². The molecular weight excluding hydrogens is 368 g/mol. The Morgan fingerprint density at radius 1 is 1.00 bits per heavy atom. The first kappa shape index (κ1) is 18.8. The molecule has 1 atom stereocenters. The number of rotatable bonds is 6. The molecule has 1 aliphatic heterocycles. The zero-order chi connectivity index (χ0) is 20.2. The highest BCUT2D eigenvalue weighted by Gasteiger charge is 2.17. The Morgan fingerprint density at radius 2 is 1.79 bits per heavy atom. The van der Waals surface area contributed by atoms with Crippen molar-refractivity contribution in [1.82, 2.24) is 10.6 Å². The third kappa shape index (κ3) is 4.32. The number of nitrogens with one attached hydrogen (secondary N) is 2. The van der Waals surface area contributed by atoms with E-state index >= 15 is 0 Å². The Morgan fingerprint density at radius 3 is 2.69 bits per heavy atom. The minimum absolute atomic E-state index is 0.188. The maximum atomic E-state index is 12.5. The highest BCUT2D eigenvalue weighted by molar-refractivity contribution is 5.92. The molecular formula is C23H22N2O4. The quantitative estimate of drug-likeness (QED) is 0.679. The number of carbonyl (C=O) groups is 2. The first-order valence-corrected chi connectivity index (χ1v) is 9.52. The Bertz CT molecular complexity index is 1060. The summed E-state index contributed by atoms with van der Waals surface area (Å²) in [5.41, 5.74) is 1.84. The molecule has 148 valence electrons. The molecule has 1 aliphatic rings. The number of fused-ring (bicyclic) bond motifs is 2. The Labute approximate surface area is 168 Å². The SMILES string of the molecule is CC(NC(=O)Cc1cccc2ccccc12)C(=O)NCc1ccc2c(c1)OCO2. The number of carbonyl (C=O) groups excluding carboxylic acids is 2. The summed E-state index contributed by atoms with van der Waals surface area (Å²) in [7, 11) is 0. The topological polar surface area (TPSA) is 76.7 Å². The van der Waals surface area contributed by atoms with Crippen molar-refractivity contribution in [3.8, 4) is 11.5 Å². The molecule has 0 aliphatic carbocycles. The van der Waals surface area contributed by atoms with Gasteiger partial charge in [-0.15, -0.1) is 0 Å². The highest BCUT2D eigenvalue weighted by Crippen LogP contribution is 2.32. The first-order valence-electron chi connectivity index (χ1n) is 9.52. The predicted octanol–water partition coefficient (Wildman–Crippen LogP) is 2.93. The summed E-state index contributed by atoms with van der Waals surface area (Å²) >= 11 is 0. The van der Waals surface area contributed by atoms with Crippen molar-refractivity contribution in [2.45, 2.75) is 25.9 Å². The van der Waals surface area contributed by atoms with Gasteiger partial charge in [0.15, 0.2) is 11.5 Å². The standard InChI is InChI=1S/C23H22N2O4/c1-15(23(27)24-13-16-9-10-20-21(11-16)29-14-28-20)25-22(26)12-18-7-4-6-17-5-2-3-8-19(17)18/h2-11,15H,12-14H2,1H3,(H,24,27)(H,25,26). The van der Waals surface area contributed by atoms with E-state index in [1.54, 1.807) is 6.92 Å². The molecule has 1 unspecified atom stereocenters. The van der Waals surface area contributed by atoms with Crippen LogP contribution in [0.15, 0.2) is 60.7 Å². The average molecular weight is 390 g/mol. The predicted molar refractivity (Wildman–Crippen MR) is 110 cm³/mol. The van der Waals surface area contributed by atoms with Gasteiger partial charge >= 0.3 is 0 Å². The summed E-state index contributed by atoms with van der Waals surface area (Å²) in [6.45, 7) is 2.24. The smallest absolute Gasteiger partial charge is 0.242 e. The van der Waals surface area contributed by atoms with Gasteiger partial charge in [0, 0.05) is 6.54 Å². The third-order valence-corrected chi connectivity index (χ3v) is 4.91. The summed E-state index contributed by atoms with van der Waals surface area (Å²) in [5, 5.41) is 7.75. The van der Waals surface area contributed by atoms with Crippen LogP contribution in [-0.2, 0) is 22.6 Å². The van der Waals surface area contributed by atoms with E-state index < -0.39 is 6.04 Å². The van der Waals surface area contributed by atoms with Gasteiger partial charge in [-0.2, -0.15) is 0 Å². The van der Waals surface area contributed by atoms with Crippen LogP contribution in [0.2, 0.25) is 0 Å². The number of hydrogen-bond donors (Lipinski definition) is 2. The highest BCUT2D eigenvalue weighted by atomic mass is 16.7. The molecule has 0 aromatic heterocycles. The van der Waals surface area contributed by atoms with E-state index in [1.165, 1.54) is 0 Å². The summed E-state index contributed by atoms with van der Waals surface area (Å²) in [4.78, 5) is 24.8. The van der Waals surface area contributed by atoms with Crippen LogP contribution in [0, 0.1) is 0 Å². The van der Waals surface area contributed by atoms with Crippen LogP contribution in [-0.4, -0.2) is 24.6 Å². The Balaban J connectivity index is 1.31. The fraction of sp³-hybridized carbons (Fsp3) is 0.217. The van der Waals surface area contributed by atoms with E-state index in [-0.39, 0.29) is 25.0 Å². The molecule has 2 N–H and O–H groups in total. The summed E-state index contributed by atoms with van der Waals surface area (Å²) < 4.78 is 10.6. The molecule has 0 bridgehead atoms. The van der Waals surface area contributed by atoms with E-state index in [2.05, 4.69) is 10.6 Å². The molecule has 0 radical (unpaired) electrons. The molecule has 0 saturated carbocycles. The van der Waals surface area contributed by atoms with Gasteiger partial charge in [-0.3, -0.25) is 9.59 Å². The lowest BCUT2D eigenvalue weighted by Crippen LogP contribution is -2.45. The van der Waals surface area contributed by atoms with Gasteiger partial charge in [-0.25, -0.2) is 0 Å². The largest absolute Gasteiger partial charge is 0.454 e. The van der Waals surface area contributed by atoms with E-state index in [4.69, 9.17) is 9.47 Å². The lowest BCUT2D eigenvalue weighted by Gasteiger charge is -2.15. The lowest BCUT2D eigenvalue weighted by molar-refractivity contribution is -0.128. The van der Waals surface area contributed by atoms with Gasteiger partial charge in [0.05, 0.1) is 6.42 Å². The van der Waals surface area contributed by atoms with Crippen molar-refractivity contribution in [3.05, 3.63) is 71.8 Å². The van der Waals surface area contributed by atoms with Gasteiger partial charge in [0.1, 0.15) is 6.04 Å². The van der Waals surface area contributed by atoms with Crippen molar-refractivity contribution in [2.75, 3.05) is 6.79 Å². The van der Waals surface area contributed by atoms with Crippen LogP contribution in [0.4, 0.5) is 0 Å². The van der Waals surface area contributed by atoms with Crippen LogP contribution >= 0.6 is 0 Å². The molecule has 0 fully saturated rings. The van der Waals surface area contributed by atoms with Gasteiger partial charge in [0.25, 0.3) is 0 Å². The number of amides is 2. The molecule has 2 amide bonds. The average Bonchev–Trinajstić information content (AvgIpc) is 3.20. The monoisotopic (exact) mass is 390 g/mol. The van der Waals surface area contributed by atoms with E-state index in [0.717, 1.165) is 21.9 Å². The van der Waals surface area contributed by atoms with E-state index in [9.17, 15) is 9.59 Å². The zero-order valence-corrected chi connectivity index (χ0v) is 16.1. The minimum Gasteiger partial charge on any atom is -0.454 e. The van der Waals surface area contributed by atoms with Gasteiger partial charge < -0.3 is 20.1 Å². The van der Waals surface area contributed by atoms with Crippen molar-refractivity contribution < 1.29 is 19.1 Å². The summed E-state index contributed by atoms with van der Waals surface area (Å²) in [5.74, 6) is 0.948. The summed E-state index contributed by atoms with van der Waals surface area (Å²) in [6, 6.07) is 18.7. The molecule has 6 nitrogen and oxygen atoms in total. The summed E-state index contributed by atoms with van der Waals surface area (Å²) in [6.07, 6.45) is 0.223. The first-order chi connectivity index (χ1) is 14.1. The molecule has 3 aromatic carbocycles. The number of ether oxygens (including phenoxy) is 2. The van der Waals surface area contributed by atoms with Crippen LogP contribution in [0.25, 0.3) is 10.8 Å². The maximum absolute atomic E-state index is 12.5. The van der Waals surface area contributed by atoms with Gasteiger partial charge in [0.2, 0.25) is 18.6 Å².